The summed E-state index contributed by atoms with van der Waals surface area (Å²) < 4.78 is 0. The van der Waals surface area contributed by atoms with Crippen molar-refractivity contribution < 1.29 is 0 Å². The summed E-state index contributed by atoms with van der Waals surface area (Å²) in [5.74, 6) is 1.40. The van der Waals surface area contributed by atoms with Crippen LogP contribution < -0.4 is 4.90 Å². The maximum atomic E-state index is 8.84. The summed E-state index contributed by atoms with van der Waals surface area (Å²) >= 11 is 6.10. The molecule has 2 aromatic rings. The number of alkyl halides is 1. The van der Waals surface area contributed by atoms with Gasteiger partial charge in [0.1, 0.15) is 5.82 Å². The number of anilines is 1. The van der Waals surface area contributed by atoms with Gasteiger partial charge in [-0.15, -0.1) is 11.6 Å². The van der Waals surface area contributed by atoms with Crippen LogP contribution in [-0.4, -0.2) is 17.6 Å². The van der Waals surface area contributed by atoms with Crippen molar-refractivity contribution in [3.8, 4) is 6.07 Å². The van der Waals surface area contributed by atoms with Crippen LogP contribution in [0.4, 0.5) is 5.82 Å². The highest BCUT2D eigenvalue weighted by Crippen LogP contribution is 2.34. The maximum absolute atomic E-state index is 8.84. The summed E-state index contributed by atoms with van der Waals surface area (Å²) in [4.78, 5) is 7.05. The molecular formula is C16H16ClN3. The van der Waals surface area contributed by atoms with Crippen molar-refractivity contribution in [3.05, 3.63) is 35.9 Å². The molecule has 1 aromatic carbocycles. The standard InChI is InChI=1S/C16H16ClN3/c17-11-13-10-12-4-1-2-5-15(12)19-16(13)20(9-3-8-18)14-6-7-14/h1-2,4-5,10,14H,3,6-7,9,11H2. The van der Waals surface area contributed by atoms with Crippen molar-refractivity contribution in [2.75, 3.05) is 11.4 Å². The van der Waals surface area contributed by atoms with Gasteiger partial charge in [0.15, 0.2) is 0 Å². The van der Waals surface area contributed by atoms with Crippen molar-refractivity contribution in [3.63, 3.8) is 0 Å². The first-order valence-corrected chi connectivity index (χ1v) is 7.45. The van der Waals surface area contributed by atoms with Crippen molar-refractivity contribution in [1.82, 2.24) is 4.98 Å². The van der Waals surface area contributed by atoms with E-state index in [0.29, 0.717) is 18.3 Å². The van der Waals surface area contributed by atoms with Crippen LogP contribution in [0, 0.1) is 11.3 Å². The minimum absolute atomic E-state index is 0.447. The van der Waals surface area contributed by atoms with Gasteiger partial charge in [0.2, 0.25) is 0 Å². The Morgan fingerprint density at radius 3 is 2.85 bits per heavy atom. The van der Waals surface area contributed by atoms with E-state index in [2.05, 4.69) is 23.1 Å². The molecule has 102 valence electrons. The van der Waals surface area contributed by atoms with Gasteiger partial charge in [0.05, 0.1) is 23.9 Å². The van der Waals surface area contributed by atoms with Gasteiger partial charge in [-0.1, -0.05) is 18.2 Å². The fraction of sp³-hybridized carbons (Fsp3) is 0.375. The summed E-state index contributed by atoms with van der Waals surface area (Å²) in [5, 5.41) is 9.95. The van der Waals surface area contributed by atoms with Gasteiger partial charge in [0.25, 0.3) is 0 Å². The molecule has 0 N–H and O–H groups in total. The molecule has 4 heteroatoms. The summed E-state index contributed by atoms with van der Waals surface area (Å²) in [6, 6.07) is 12.9. The second kappa shape index (κ2) is 5.68. The van der Waals surface area contributed by atoms with Crippen LogP contribution in [0.3, 0.4) is 0 Å². The largest absolute Gasteiger partial charge is 0.352 e. The average Bonchev–Trinajstić information content (AvgIpc) is 3.31. The SMILES string of the molecule is N#CCCN(c1nc2ccccc2cc1CCl)C1CC1. The Hall–Kier alpha value is -1.79. The minimum Gasteiger partial charge on any atom is -0.352 e. The summed E-state index contributed by atoms with van der Waals surface area (Å²) in [7, 11) is 0. The predicted molar refractivity (Wildman–Crippen MR) is 81.9 cm³/mol. The number of para-hydroxylation sites is 1. The molecule has 0 aliphatic heterocycles. The van der Waals surface area contributed by atoms with E-state index in [1.54, 1.807) is 0 Å². The molecule has 3 nitrogen and oxygen atoms in total. The Labute approximate surface area is 123 Å². The third-order valence-electron chi connectivity index (χ3n) is 3.65. The van der Waals surface area contributed by atoms with E-state index in [1.807, 2.05) is 18.2 Å². The Morgan fingerprint density at radius 1 is 1.35 bits per heavy atom. The van der Waals surface area contributed by atoms with Gasteiger partial charge in [-0.25, -0.2) is 4.98 Å². The quantitative estimate of drug-likeness (QED) is 0.783. The lowest BCUT2D eigenvalue weighted by Crippen LogP contribution is -2.28. The highest BCUT2D eigenvalue weighted by molar-refractivity contribution is 6.17. The number of nitrogens with zero attached hydrogens (tertiary/aromatic N) is 3. The monoisotopic (exact) mass is 285 g/mol. The van der Waals surface area contributed by atoms with Gasteiger partial charge in [-0.05, 0) is 25.0 Å². The molecule has 1 aliphatic rings. The van der Waals surface area contributed by atoms with Crippen LogP contribution in [0.15, 0.2) is 30.3 Å². The fourth-order valence-electron chi connectivity index (χ4n) is 2.51. The molecule has 1 fully saturated rings. The van der Waals surface area contributed by atoms with Crippen LogP contribution in [0.1, 0.15) is 24.8 Å². The van der Waals surface area contributed by atoms with E-state index < -0.39 is 0 Å². The van der Waals surface area contributed by atoms with E-state index in [-0.39, 0.29) is 0 Å². The number of hydrogen-bond acceptors (Lipinski definition) is 3. The fourth-order valence-corrected chi connectivity index (χ4v) is 2.71. The van der Waals surface area contributed by atoms with Crippen LogP contribution in [-0.2, 0) is 5.88 Å². The zero-order valence-electron chi connectivity index (χ0n) is 11.2. The lowest BCUT2D eigenvalue weighted by molar-refractivity contribution is 0.776. The van der Waals surface area contributed by atoms with Crippen molar-refractivity contribution >= 4 is 28.3 Å². The highest BCUT2D eigenvalue weighted by atomic mass is 35.5. The third kappa shape index (κ3) is 2.57. The summed E-state index contributed by atoms with van der Waals surface area (Å²) in [5.41, 5.74) is 2.04. The molecule has 20 heavy (non-hydrogen) atoms. The number of nitriles is 1. The third-order valence-corrected chi connectivity index (χ3v) is 3.94. The molecule has 0 amide bonds. The highest BCUT2D eigenvalue weighted by Gasteiger charge is 2.31. The number of fused-ring (bicyclic) bond motifs is 1. The van der Waals surface area contributed by atoms with E-state index >= 15 is 0 Å². The van der Waals surface area contributed by atoms with Crippen LogP contribution >= 0.6 is 11.6 Å². The van der Waals surface area contributed by atoms with Crippen molar-refractivity contribution in [1.29, 1.82) is 5.26 Å². The smallest absolute Gasteiger partial charge is 0.133 e. The van der Waals surface area contributed by atoms with Gasteiger partial charge in [-0.2, -0.15) is 5.26 Å². The lowest BCUT2D eigenvalue weighted by atomic mass is 10.1. The zero-order valence-corrected chi connectivity index (χ0v) is 12.0. The molecule has 1 aromatic heterocycles. The Bertz CT molecular complexity index is 658. The first-order chi connectivity index (χ1) is 9.83. The Morgan fingerprint density at radius 2 is 2.15 bits per heavy atom. The molecular weight excluding hydrogens is 270 g/mol. The second-order valence-corrected chi connectivity index (χ2v) is 5.40. The van der Waals surface area contributed by atoms with Gasteiger partial charge in [-0.3, -0.25) is 0 Å². The lowest BCUT2D eigenvalue weighted by Gasteiger charge is -2.25. The number of rotatable bonds is 5. The molecule has 0 unspecified atom stereocenters. The van der Waals surface area contributed by atoms with E-state index in [4.69, 9.17) is 21.8 Å². The molecule has 1 saturated carbocycles. The molecule has 0 bridgehead atoms. The second-order valence-electron chi connectivity index (χ2n) is 5.13. The van der Waals surface area contributed by atoms with Crippen molar-refractivity contribution in [2.45, 2.75) is 31.2 Å². The molecule has 0 radical (unpaired) electrons. The van der Waals surface area contributed by atoms with E-state index in [9.17, 15) is 0 Å². The molecule has 1 heterocycles. The summed E-state index contributed by atoms with van der Waals surface area (Å²) in [6.07, 6.45) is 2.88. The van der Waals surface area contributed by atoms with E-state index in [0.717, 1.165) is 28.8 Å². The van der Waals surface area contributed by atoms with Gasteiger partial charge < -0.3 is 4.90 Å². The molecule has 3 rings (SSSR count). The van der Waals surface area contributed by atoms with Gasteiger partial charge in [0, 0.05) is 23.5 Å². The maximum Gasteiger partial charge on any atom is 0.133 e. The first-order valence-electron chi connectivity index (χ1n) is 6.91. The number of hydrogen-bond donors (Lipinski definition) is 0. The van der Waals surface area contributed by atoms with Crippen LogP contribution in [0.5, 0.6) is 0 Å². The number of benzene rings is 1. The van der Waals surface area contributed by atoms with Crippen LogP contribution in [0.2, 0.25) is 0 Å². The topological polar surface area (TPSA) is 39.9 Å². The van der Waals surface area contributed by atoms with Crippen molar-refractivity contribution in [2.24, 2.45) is 0 Å². The average molecular weight is 286 g/mol. The Kier molecular flexibility index (Phi) is 3.75. The normalized spacial score (nSPS) is 14.2. The molecule has 1 aliphatic carbocycles. The van der Waals surface area contributed by atoms with Gasteiger partial charge >= 0.3 is 0 Å². The number of aromatic nitrogens is 1. The molecule has 0 atom stereocenters. The predicted octanol–water partition coefficient (Wildman–Crippen LogP) is 3.86. The molecule has 0 spiro atoms. The first kappa shape index (κ1) is 13.2. The number of pyridine rings is 1. The van der Waals surface area contributed by atoms with E-state index in [1.165, 1.54) is 12.8 Å². The number of halogens is 1. The zero-order chi connectivity index (χ0) is 13.9. The van der Waals surface area contributed by atoms with Crippen LogP contribution in [0.25, 0.3) is 10.9 Å². The minimum atomic E-state index is 0.447. The summed E-state index contributed by atoms with van der Waals surface area (Å²) in [6.45, 7) is 0.733. The molecule has 0 saturated heterocycles. The Balaban J connectivity index is 2.05.